The molecule has 0 saturated heterocycles. The van der Waals surface area contributed by atoms with E-state index in [9.17, 15) is 4.79 Å². The molecule has 0 spiro atoms. The standard InChI is InChI=1S/C23H32N4O/c1-6-24-23(26-18(3)21-13-8-7-10-17(21)2)25-15-14-19-11-9-12-20(16-19)22(28)27(4)5/h7-13,16,18H,6,14-15H2,1-5H3,(H2,24,25,26). The molecule has 0 bridgehead atoms. The highest BCUT2D eigenvalue weighted by molar-refractivity contribution is 5.94. The van der Waals surface area contributed by atoms with E-state index < -0.39 is 0 Å². The lowest BCUT2D eigenvalue weighted by Gasteiger charge is -2.19. The Labute approximate surface area is 168 Å². The maximum absolute atomic E-state index is 12.1. The summed E-state index contributed by atoms with van der Waals surface area (Å²) in [4.78, 5) is 18.4. The number of nitrogens with one attached hydrogen (secondary N) is 2. The number of guanidine groups is 1. The number of hydrogen-bond donors (Lipinski definition) is 2. The van der Waals surface area contributed by atoms with Crippen molar-refractivity contribution in [2.24, 2.45) is 4.99 Å². The van der Waals surface area contributed by atoms with Gasteiger partial charge in [-0.15, -0.1) is 0 Å². The van der Waals surface area contributed by atoms with Gasteiger partial charge in [0.25, 0.3) is 5.91 Å². The first-order valence-electron chi connectivity index (χ1n) is 9.83. The van der Waals surface area contributed by atoms with Gasteiger partial charge in [0.15, 0.2) is 5.96 Å². The molecule has 0 radical (unpaired) electrons. The van der Waals surface area contributed by atoms with Crippen molar-refractivity contribution in [1.82, 2.24) is 15.5 Å². The van der Waals surface area contributed by atoms with Gasteiger partial charge in [-0.25, -0.2) is 0 Å². The third-order valence-corrected chi connectivity index (χ3v) is 4.60. The van der Waals surface area contributed by atoms with Crippen LogP contribution < -0.4 is 10.6 Å². The van der Waals surface area contributed by atoms with Gasteiger partial charge in [0.1, 0.15) is 0 Å². The summed E-state index contributed by atoms with van der Waals surface area (Å²) in [5.41, 5.74) is 4.35. The number of amides is 1. The van der Waals surface area contributed by atoms with Crippen LogP contribution in [0.5, 0.6) is 0 Å². The van der Waals surface area contributed by atoms with Crippen LogP contribution in [0.1, 0.15) is 46.9 Å². The summed E-state index contributed by atoms with van der Waals surface area (Å²) in [6.45, 7) is 7.78. The molecule has 2 aromatic carbocycles. The van der Waals surface area contributed by atoms with Crippen LogP contribution in [0.3, 0.4) is 0 Å². The van der Waals surface area contributed by atoms with Crippen molar-refractivity contribution < 1.29 is 4.79 Å². The topological polar surface area (TPSA) is 56.7 Å². The van der Waals surface area contributed by atoms with Crippen molar-refractivity contribution >= 4 is 11.9 Å². The Kier molecular flexibility index (Phi) is 8.05. The van der Waals surface area contributed by atoms with Gasteiger partial charge in [0.05, 0.1) is 6.04 Å². The first-order chi connectivity index (χ1) is 13.4. The fourth-order valence-corrected chi connectivity index (χ4v) is 3.09. The quantitative estimate of drug-likeness (QED) is 0.570. The maximum atomic E-state index is 12.1. The number of carbonyl (C=O) groups excluding carboxylic acids is 1. The van der Waals surface area contributed by atoms with Gasteiger partial charge in [0.2, 0.25) is 0 Å². The lowest BCUT2D eigenvalue weighted by Crippen LogP contribution is -2.39. The maximum Gasteiger partial charge on any atom is 0.253 e. The molecule has 0 aliphatic heterocycles. The highest BCUT2D eigenvalue weighted by Crippen LogP contribution is 2.16. The minimum atomic E-state index is 0.0208. The van der Waals surface area contributed by atoms with Gasteiger partial charge >= 0.3 is 0 Å². The van der Waals surface area contributed by atoms with Gasteiger partial charge in [0, 0.05) is 32.7 Å². The van der Waals surface area contributed by atoms with Crippen molar-refractivity contribution in [3.63, 3.8) is 0 Å². The zero-order valence-corrected chi connectivity index (χ0v) is 17.6. The molecular weight excluding hydrogens is 348 g/mol. The molecule has 0 saturated carbocycles. The highest BCUT2D eigenvalue weighted by atomic mass is 16.2. The Hall–Kier alpha value is -2.82. The molecule has 1 amide bonds. The summed E-state index contributed by atoms with van der Waals surface area (Å²) in [5.74, 6) is 0.825. The van der Waals surface area contributed by atoms with Gasteiger partial charge in [-0.1, -0.05) is 36.4 Å². The van der Waals surface area contributed by atoms with Crippen LogP contribution in [0.25, 0.3) is 0 Å². The van der Waals surface area contributed by atoms with Crippen molar-refractivity contribution in [3.8, 4) is 0 Å². The fraction of sp³-hybridized carbons (Fsp3) is 0.391. The van der Waals surface area contributed by atoms with E-state index in [0.29, 0.717) is 12.1 Å². The summed E-state index contributed by atoms with van der Waals surface area (Å²) in [6, 6.07) is 16.3. The largest absolute Gasteiger partial charge is 0.357 e. The van der Waals surface area contributed by atoms with E-state index in [0.717, 1.165) is 24.5 Å². The summed E-state index contributed by atoms with van der Waals surface area (Å²) < 4.78 is 0. The SMILES string of the molecule is CCNC(=NCCc1cccc(C(=O)N(C)C)c1)NC(C)c1ccccc1C. The third-order valence-electron chi connectivity index (χ3n) is 4.60. The van der Waals surface area contributed by atoms with Crippen LogP contribution in [-0.2, 0) is 6.42 Å². The molecule has 0 aliphatic carbocycles. The molecule has 0 heterocycles. The summed E-state index contributed by atoms with van der Waals surface area (Å²) in [6.07, 6.45) is 0.782. The van der Waals surface area contributed by atoms with E-state index in [1.165, 1.54) is 11.1 Å². The molecule has 5 nitrogen and oxygen atoms in total. The highest BCUT2D eigenvalue weighted by Gasteiger charge is 2.10. The second kappa shape index (κ2) is 10.5. The molecule has 0 aliphatic rings. The molecule has 2 N–H and O–H groups in total. The molecule has 150 valence electrons. The summed E-state index contributed by atoms with van der Waals surface area (Å²) in [5, 5.41) is 6.80. The normalized spacial score (nSPS) is 12.4. The van der Waals surface area contributed by atoms with Crippen LogP contribution >= 0.6 is 0 Å². The van der Waals surface area contributed by atoms with E-state index in [2.05, 4.69) is 55.7 Å². The number of nitrogens with zero attached hydrogens (tertiary/aromatic N) is 2. The van der Waals surface area contributed by atoms with Crippen molar-refractivity contribution in [1.29, 1.82) is 0 Å². The van der Waals surface area contributed by atoms with Gasteiger partial charge in [-0.3, -0.25) is 9.79 Å². The van der Waals surface area contributed by atoms with Gasteiger partial charge in [-0.05, 0) is 56.0 Å². The predicted molar refractivity (Wildman–Crippen MR) is 117 cm³/mol. The summed E-state index contributed by atoms with van der Waals surface area (Å²) in [7, 11) is 3.53. The van der Waals surface area contributed by atoms with Crippen LogP contribution in [0.2, 0.25) is 0 Å². The minimum absolute atomic E-state index is 0.0208. The average Bonchev–Trinajstić information content (AvgIpc) is 2.68. The number of benzene rings is 2. The van der Waals surface area contributed by atoms with Crippen LogP contribution in [-0.4, -0.2) is 44.0 Å². The molecule has 5 heteroatoms. The molecule has 1 unspecified atom stereocenters. The van der Waals surface area contributed by atoms with Gasteiger partial charge < -0.3 is 15.5 Å². The molecule has 2 aromatic rings. The lowest BCUT2D eigenvalue weighted by molar-refractivity contribution is 0.0827. The second-order valence-electron chi connectivity index (χ2n) is 7.13. The van der Waals surface area contributed by atoms with E-state index in [1.54, 1.807) is 19.0 Å². The van der Waals surface area contributed by atoms with Crippen molar-refractivity contribution in [3.05, 3.63) is 70.8 Å². The molecule has 1 atom stereocenters. The smallest absolute Gasteiger partial charge is 0.253 e. The first kappa shape index (κ1) is 21.5. The van der Waals surface area contributed by atoms with E-state index in [4.69, 9.17) is 4.99 Å². The molecule has 0 fully saturated rings. The number of aryl methyl sites for hydroxylation is 1. The molecular formula is C23H32N4O. The van der Waals surface area contributed by atoms with Crippen LogP contribution in [0.4, 0.5) is 0 Å². The number of carbonyl (C=O) groups is 1. The Morgan fingerprint density at radius 3 is 2.57 bits per heavy atom. The van der Waals surface area contributed by atoms with Crippen molar-refractivity contribution in [2.45, 2.75) is 33.2 Å². The van der Waals surface area contributed by atoms with E-state index >= 15 is 0 Å². The zero-order valence-electron chi connectivity index (χ0n) is 17.6. The molecule has 0 aromatic heterocycles. The van der Waals surface area contributed by atoms with Gasteiger partial charge in [-0.2, -0.15) is 0 Å². The monoisotopic (exact) mass is 380 g/mol. The van der Waals surface area contributed by atoms with E-state index in [-0.39, 0.29) is 11.9 Å². The first-order valence-corrected chi connectivity index (χ1v) is 9.83. The Bertz CT molecular complexity index is 814. The van der Waals surface area contributed by atoms with E-state index in [1.807, 2.05) is 24.3 Å². The molecule has 28 heavy (non-hydrogen) atoms. The Morgan fingerprint density at radius 1 is 1.14 bits per heavy atom. The third kappa shape index (κ3) is 6.12. The van der Waals surface area contributed by atoms with Crippen molar-refractivity contribution in [2.75, 3.05) is 27.2 Å². The van der Waals surface area contributed by atoms with Crippen LogP contribution in [0, 0.1) is 6.92 Å². The summed E-state index contributed by atoms with van der Waals surface area (Å²) >= 11 is 0. The Balaban J connectivity index is 2.02. The molecule has 2 rings (SSSR count). The fourth-order valence-electron chi connectivity index (χ4n) is 3.09. The average molecular weight is 381 g/mol. The van der Waals surface area contributed by atoms with Crippen LogP contribution in [0.15, 0.2) is 53.5 Å². The number of rotatable bonds is 7. The minimum Gasteiger partial charge on any atom is -0.357 e. The number of hydrogen-bond acceptors (Lipinski definition) is 2. The lowest BCUT2D eigenvalue weighted by atomic mass is 10.0. The Morgan fingerprint density at radius 2 is 1.89 bits per heavy atom. The zero-order chi connectivity index (χ0) is 20.5. The second-order valence-corrected chi connectivity index (χ2v) is 7.13. The predicted octanol–water partition coefficient (Wildman–Crippen LogP) is 3.56. The number of aliphatic imine (C=N–C) groups is 1.